The molecule has 0 unspecified atom stereocenters. The molecule has 1 aromatic carbocycles. The van der Waals surface area contributed by atoms with Gasteiger partial charge in [0.05, 0.1) is 19.4 Å². The summed E-state index contributed by atoms with van der Waals surface area (Å²) >= 11 is 0. The number of nitrogens with one attached hydrogen (secondary N) is 1. The van der Waals surface area contributed by atoms with Gasteiger partial charge in [-0.3, -0.25) is 0 Å². The second-order valence-electron chi connectivity index (χ2n) is 5.13. The van der Waals surface area contributed by atoms with Gasteiger partial charge in [0.1, 0.15) is 18.1 Å². The van der Waals surface area contributed by atoms with E-state index in [1.165, 1.54) is 0 Å². The lowest BCUT2D eigenvalue weighted by Crippen LogP contribution is -2.21. The van der Waals surface area contributed by atoms with Gasteiger partial charge in [0.2, 0.25) is 0 Å². The van der Waals surface area contributed by atoms with Gasteiger partial charge in [-0.25, -0.2) is 0 Å². The van der Waals surface area contributed by atoms with Gasteiger partial charge in [-0.05, 0) is 12.1 Å². The van der Waals surface area contributed by atoms with E-state index >= 15 is 0 Å². The summed E-state index contributed by atoms with van der Waals surface area (Å²) in [6, 6.07) is 10.4. The van der Waals surface area contributed by atoms with Crippen LogP contribution in [-0.4, -0.2) is 26.4 Å². The molecular weight excluding hydrogens is 266 g/mol. The normalized spacial score (nSPS) is 11.0. The second-order valence-corrected chi connectivity index (χ2v) is 5.13. The van der Waals surface area contributed by atoms with Gasteiger partial charge in [-0.2, -0.15) is 0 Å². The predicted molar refractivity (Wildman–Crippen MR) is 83.5 cm³/mol. The lowest BCUT2D eigenvalue weighted by Gasteiger charge is -2.12. The third kappa shape index (κ3) is 4.34. The summed E-state index contributed by atoms with van der Waals surface area (Å²) in [5, 5.41) is 3.38. The number of benzene rings is 1. The standard InChI is InChI=1S/C17H23NO3/c1-13(2)18-12-17-15(8-9-20-17)14-6-4-5-7-16(14)21-11-10-19-3/h4-9,13,18H,10-12H2,1-3H3. The molecule has 114 valence electrons. The van der Waals surface area contributed by atoms with E-state index in [1.54, 1.807) is 13.4 Å². The Labute approximate surface area is 126 Å². The van der Waals surface area contributed by atoms with Gasteiger partial charge < -0.3 is 19.2 Å². The van der Waals surface area contributed by atoms with Crippen molar-refractivity contribution in [1.82, 2.24) is 5.32 Å². The highest BCUT2D eigenvalue weighted by Gasteiger charge is 2.13. The Morgan fingerprint density at radius 3 is 2.67 bits per heavy atom. The summed E-state index contributed by atoms with van der Waals surface area (Å²) in [5.41, 5.74) is 2.11. The fourth-order valence-electron chi connectivity index (χ4n) is 2.06. The molecule has 0 saturated heterocycles. The van der Waals surface area contributed by atoms with E-state index in [-0.39, 0.29) is 0 Å². The van der Waals surface area contributed by atoms with E-state index in [9.17, 15) is 0 Å². The lowest BCUT2D eigenvalue weighted by molar-refractivity contribution is 0.146. The average molecular weight is 289 g/mol. The molecule has 2 rings (SSSR count). The van der Waals surface area contributed by atoms with E-state index in [2.05, 4.69) is 19.2 Å². The zero-order chi connectivity index (χ0) is 15.1. The van der Waals surface area contributed by atoms with Crippen LogP contribution in [0.3, 0.4) is 0 Å². The van der Waals surface area contributed by atoms with Crippen molar-refractivity contribution in [3.8, 4) is 16.9 Å². The predicted octanol–water partition coefficient (Wildman–Crippen LogP) is 3.47. The molecule has 21 heavy (non-hydrogen) atoms. The van der Waals surface area contributed by atoms with Crippen LogP contribution in [0, 0.1) is 0 Å². The third-order valence-corrected chi connectivity index (χ3v) is 3.14. The van der Waals surface area contributed by atoms with Gasteiger partial charge in [-0.1, -0.05) is 32.0 Å². The summed E-state index contributed by atoms with van der Waals surface area (Å²) in [7, 11) is 1.67. The van der Waals surface area contributed by atoms with Gasteiger partial charge in [-0.15, -0.1) is 0 Å². The molecule has 1 aromatic heterocycles. The topological polar surface area (TPSA) is 43.6 Å². The van der Waals surface area contributed by atoms with Gasteiger partial charge in [0.25, 0.3) is 0 Å². The van der Waals surface area contributed by atoms with Crippen molar-refractivity contribution >= 4 is 0 Å². The molecule has 0 saturated carbocycles. The Balaban J connectivity index is 2.19. The second kappa shape index (κ2) is 7.86. The summed E-state index contributed by atoms with van der Waals surface area (Å²) in [5.74, 6) is 1.77. The molecule has 0 fully saturated rings. The first-order chi connectivity index (χ1) is 10.2. The van der Waals surface area contributed by atoms with Crippen molar-refractivity contribution in [1.29, 1.82) is 0 Å². The minimum absolute atomic E-state index is 0.413. The zero-order valence-electron chi connectivity index (χ0n) is 12.9. The Morgan fingerprint density at radius 2 is 1.90 bits per heavy atom. The van der Waals surface area contributed by atoms with Crippen molar-refractivity contribution in [3.05, 3.63) is 42.4 Å². The highest BCUT2D eigenvalue weighted by molar-refractivity contribution is 5.71. The minimum atomic E-state index is 0.413. The van der Waals surface area contributed by atoms with E-state index in [0.717, 1.165) is 22.6 Å². The highest BCUT2D eigenvalue weighted by atomic mass is 16.5. The van der Waals surface area contributed by atoms with Gasteiger partial charge in [0, 0.05) is 24.3 Å². The van der Waals surface area contributed by atoms with Crippen molar-refractivity contribution in [3.63, 3.8) is 0 Å². The largest absolute Gasteiger partial charge is 0.491 e. The van der Waals surface area contributed by atoms with Crippen LogP contribution >= 0.6 is 0 Å². The van der Waals surface area contributed by atoms with Crippen LogP contribution in [0.1, 0.15) is 19.6 Å². The molecule has 0 aliphatic heterocycles. The summed E-state index contributed by atoms with van der Waals surface area (Å²) in [6.45, 7) is 6.04. The Kier molecular flexibility index (Phi) is 5.84. The van der Waals surface area contributed by atoms with E-state index in [1.807, 2.05) is 30.3 Å². The maximum atomic E-state index is 5.79. The molecule has 0 atom stereocenters. The first kappa shape index (κ1) is 15.6. The van der Waals surface area contributed by atoms with Crippen LogP contribution in [0.2, 0.25) is 0 Å². The lowest BCUT2D eigenvalue weighted by atomic mass is 10.1. The van der Waals surface area contributed by atoms with Crippen molar-refractivity contribution in [2.75, 3.05) is 20.3 Å². The molecular formula is C17H23NO3. The maximum Gasteiger partial charge on any atom is 0.127 e. The Hall–Kier alpha value is -1.78. The number of methoxy groups -OCH3 is 1. The van der Waals surface area contributed by atoms with Crippen LogP contribution < -0.4 is 10.1 Å². The fraction of sp³-hybridized carbons (Fsp3) is 0.412. The molecule has 0 amide bonds. The molecule has 0 radical (unpaired) electrons. The maximum absolute atomic E-state index is 5.79. The van der Waals surface area contributed by atoms with Crippen molar-refractivity contribution < 1.29 is 13.9 Å². The summed E-state index contributed by atoms with van der Waals surface area (Å²) in [4.78, 5) is 0. The molecule has 0 aliphatic carbocycles. The molecule has 0 aliphatic rings. The molecule has 1 N–H and O–H groups in total. The number of ether oxygens (including phenoxy) is 2. The summed E-state index contributed by atoms with van der Waals surface area (Å²) in [6.07, 6.45) is 1.72. The average Bonchev–Trinajstić information content (AvgIpc) is 2.94. The SMILES string of the molecule is COCCOc1ccccc1-c1ccoc1CNC(C)C. The zero-order valence-corrected chi connectivity index (χ0v) is 12.9. The van der Waals surface area contributed by atoms with E-state index in [0.29, 0.717) is 25.8 Å². The first-order valence-corrected chi connectivity index (χ1v) is 7.23. The molecule has 0 spiro atoms. The number of hydrogen-bond donors (Lipinski definition) is 1. The van der Waals surface area contributed by atoms with Crippen molar-refractivity contribution in [2.24, 2.45) is 0 Å². The van der Waals surface area contributed by atoms with E-state index < -0.39 is 0 Å². The summed E-state index contributed by atoms with van der Waals surface area (Å²) < 4.78 is 16.4. The van der Waals surface area contributed by atoms with Crippen LogP contribution in [0.4, 0.5) is 0 Å². The van der Waals surface area contributed by atoms with Crippen LogP contribution in [0.25, 0.3) is 11.1 Å². The Morgan fingerprint density at radius 1 is 1.10 bits per heavy atom. The van der Waals surface area contributed by atoms with Crippen LogP contribution in [0.5, 0.6) is 5.75 Å². The molecule has 0 bridgehead atoms. The molecule has 2 aromatic rings. The molecule has 4 heteroatoms. The first-order valence-electron chi connectivity index (χ1n) is 7.23. The smallest absolute Gasteiger partial charge is 0.127 e. The third-order valence-electron chi connectivity index (χ3n) is 3.14. The Bertz CT molecular complexity index is 548. The minimum Gasteiger partial charge on any atom is -0.491 e. The molecule has 4 nitrogen and oxygen atoms in total. The quantitative estimate of drug-likeness (QED) is 0.756. The van der Waals surface area contributed by atoms with Crippen LogP contribution in [0.15, 0.2) is 41.0 Å². The van der Waals surface area contributed by atoms with Gasteiger partial charge in [0.15, 0.2) is 0 Å². The van der Waals surface area contributed by atoms with Crippen LogP contribution in [-0.2, 0) is 11.3 Å². The number of para-hydroxylation sites is 1. The van der Waals surface area contributed by atoms with Gasteiger partial charge >= 0.3 is 0 Å². The number of rotatable bonds is 8. The number of hydrogen-bond acceptors (Lipinski definition) is 4. The highest BCUT2D eigenvalue weighted by Crippen LogP contribution is 2.33. The molecule has 1 heterocycles. The van der Waals surface area contributed by atoms with Crippen molar-refractivity contribution in [2.45, 2.75) is 26.4 Å². The van der Waals surface area contributed by atoms with E-state index in [4.69, 9.17) is 13.9 Å². The number of furan rings is 1. The monoisotopic (exact) mass is 289 g/mol. The fourth-order valence-corrected chi connectivity index (χ4v) is 2.06.